The Labute approximate surface area is 96.0 Å². The molecule has 16 heavy (non-hydrogen) atoms. The van der Waals surface area contributed by atoms with Gasteiger partial charge < -0.3 is 20.6 Å². The summed E-state index contributed by atoms with van der Waals surface area (Å²) in [6.07, 6.45) is 1.17. The Bertz CT molecular complexity index is 233. The zero-order chi connectivity index (χ0) is 12.6. The van der Waals surface area contributed by atoms with E-state index in [1.54, 1.807) is 14.1 Å². The molecule has 6 nitrogen and oxygen atoms in total. The molecule has 0 spiro atoms. The molecule has 0 rings (SSSR count). The molecule has 0 aliphatic carbocycles. The Hall–Kier alpha value is -1.30. The van der Waals surface area contributed by atoms with E-state index in [2.05, 4.69) is 10.6 Å². The fourth-order valence-corrected chi connectivity index (χ4v) is 1.19. The molecule has 0 fully saturated rings. The Morgan fingerprint density at radius 3 is 2.50 bits per heavy atom. The predicted octanol–water partition coefficient (Wildman–Crippen LogP) is 0.101. The van der Waals surface area contributed by atoms with Crippen molar-refractivity contribution in [2.75, 3.05) is 27.2 Å². The fraction of sp³-hybridized carbons (Fsp3) is 0.800. The first-order valence-corrected chi connectivity index (χ1v) is 5.42. The monoisotopic (exact) mass is 231 g/mol. The van der Waals surface area contributed by atoms with Gasteiger partial charge in [0.15, 0.2) is 0 Å². The van der Waals surface area contributed by atoms with Gasteiger partial charge in [0, 0.05) is 20.1 Å². The second-order valence-corrected chi connectivity index (χ2v) is 3.65. The van der Waals surface area contributed by atoms with Gasteiger partial charge in [-0.25, -0.2) is 9.59 Å². The number of nitrogens with zero attached hydrogens (tertiary/aromatic N) is 1. The van der Waals surface area contributed by atoms with Crippen LogP contribution >= 0.6 is 0 Å². The third-order valence-electron chi connectivity index (χ3n) is 2.22. The second kappa shape index (κ2) is 7.92. The lowest BCUT2D eigenvalue weighted by Gasteiger charge is -2.21. The number of likely N-dealkylation sites (N-methyl/N-ethyl adjacent to an activating group) is 2. The normalized spacial score (nSPS) is 11.9. The van der Waals surface area contributed by atoms with Gasteiger partial charge in [0.2, 0.25) is 0 Å². The molecule has 0 unspecified atom stereocenters. The quantitative estimate of drug-likeness (QED) is 0.580. The highest BCUT2D eigenvalue weighted by Crippen LogP contribution is 1.98. The Morgan fingerprint density at radius 2 is 2.06 bits per heavy atom. The lowest BCUT2D eigenvalue weighted by molar-refractivity contribution is -0.139. The van der Waals surface area contributed by atoms with Gasteiger partial charge in [0.25, 0.3) is 0 Å². The van der Waals surface area contributed by atoms with Crippen LogP contribution in [0.4, 0.5) is 4.79 Å². The van der Waals surface area contributed by atoms with Crippen LogP contribution in [0.3, 0.4) is 0 Å². The van der Waals surface area contributed by atoms with Crippen molar-refractivity contribution < 1.29 is 14.7 Å². The molecule has 2 amide bonds. The van der Waals surface area contributed by atoms with Crippen molar-refractivity contribution in [1.82, 2.24) is 15.5 Å². The minimum atomic E-state index is -0.989. The van der Waals surface area contributed by atoms with Crippen molar-refractivity contribution >= 4 is 12.0 Å². The number of amides is 2. The van der Waals surface area contributed by atoms with E-state index in [1.165, 1.54) is 4.90 Å². The molecule has 1 atom stereocenters. The van der Waals surface area contributed by atoms with Gasteiger partial charge in [-0.05, 0) is 13.5 Å². The molecule has 0 bridgehead atoms. The first-order valence-electron chi connectivity index (χ1n) is 5.42. The van der Waals surface area contributed by atoms with Crippen molar-refractivity contribution in [2.45, 2.75) is 25.8 Å². The fourth-order valence-electron chi connectivity index (χ4n) is 1.19. The summed E-state index contributed by atoms with van der Waals surface area (Å²) in [7, 11) is 3.43. The second-order valence-electron chi connectivity index (χ2n) is 3.65. The smallest absolute Gasteiger partial charge is 0.326 e. The average Bonchev–Trinajstić information content (AvgIpc) is 2.24. The summed E-state index contributed by atoms with van der Waals surface area (Å²) in [6, 6.07) is -1.15. The molecular formula is C10H21N3O3. The highest BCUT2D eigenvalue weighted by atomic mass is 16.4. The third-order valence-corrected chi connectivity index (χ3v) is 2.22. The van der Waals surface area contributed by atoms with Crippen LogP contribution in [0.5, 0.6) is 0 Å². The molecule has 0 aromatic carbocycles. The molecule has 6 heteroatoms. The zero-order valence-corrected chi connectivity index (χ0v) is 10.1. The van der Waals surface area contributed by atoms with Gasteiger partial charge in [0.1, 0.15) is 6.04 Å². The number of carbonyl (C=O) groups is 2. The van der Waals surface area contributed by atoms with E-state index in [0.29, 0.717) is 19.5 Å². The number of hydrogen-bond acceptors (Lipinski definition) is 3. The van der Waals surface area contributed by atoms with Crippen LogP contribution in [-0.2, 0) is 4.79 Å². The Kier molecular flexibility index (Phi) is 7.28. The lowest BCUT2D eigenvalue weighted by Crippen LogP contribution is -2.47. The Balaban J connectivity index is 4.12. The minimum Gasteiger partial charge on any atom is -0.480 e. The van der Waals surface area contributed by atoms with Crippen molar-refractivity contribution in [3.8, 4) is 0 Å². The van der Waals surface area contributed by atoms with Crippen molar-refractivity contribution in [2.24, 2.45) is 0 Å². The minimum absolute atomic E-state index is 0.351. The molecule has 3 N–H and O–H groups in total. The van der Waals surface area contributed by atoms with E-state index in [9.17, 15) is 9.59 Å². The van der Waals surface area contributed by atoms with Crippen LogP contribution in [-0.4, -0.2) is 55.2 Å². The van der Waals surface area contributed by atoms with Gasteiger partial charge in [-0.1, -0.05) is 13.3 Å². The van der Waals surface area contributed by atoms with Crippen molar-refractivity contribution in [1.29, 1.82) is 0 Å². The molecule has 0 heterocycles. The zero-order valence-electron chi connectivity index (χ0n) is 10.1. The summed E-state index contributed by atoms with van der Waals surface area (Å²) in [5, 5.41) is 14.3. The summed E-state index contributed by atoms with van der Waals surface area (Å²) in [5.41, 5.74) is 0. The molecule has 0 aromatic heterocycles. The van der Waals surface area contributed by atoms with Gasteiger partial charge in [-0.15, -0.1) is 0 Å². The number of rotatable bonds is 7. The van der Waals surface area contributed by atoms with E-state index in [-0.39, 0.29) is 6.03 Å². The van der Waals surface area contributed by atoms with E-state index < -0.39 is 12.0 Å². The third kappa shape index (κ3) is 5.55. The van der Waals surface area contributed by atoms with Crippen LogP contribution < -0.4 is 10.6 Å². The topological polar surface area (TPSA) is 81.7 Å². The van der Waals surface area contributed by atoms with E-state index in [4.69, 9.17) is 5.11 Å². The molecule has 0 aromatic rings. The van der Waals surface area contributed by atoms with E-state index >= 15 is 0 Å². The van der Waals surface area contributed by atoms with Crippen LogP contribution in [0.2, 0.25) is 0 Å². The van der Waals surface area contributed by atoms with Gasteiger partial charge in [0.05, 0.1) is 0 Å². The summed E-state index contributed by atoms with van der Waals surface area (Å²) in [6.45, 7) is 3.10. The van der Waals surface area contributed by atoms with E-state index in [1.807, 2.05) is 6.92 Å². The molecule has 0 radical (unpaired) electrons. The number of carboxylic acid groups (broad SMARTS) is 1. The first kappa shape index (κ1) is 14.7. The number of carboxylic acids is 1. The highest BCUT2D eigenvalue weighted by molar-refractivity contribution is 5.82. The van der Waals surface area contributed by atoms with Crippen LogP contribution in [0.1, 0.15) is 19.8 Å². The Morgan fingerprint density at radius 1 is 1.44 bits per heavy atom. The number of carbonyl (C=O) groups excluding carboxylic acids is 1. The average molecular weight is 231 g/mol. The summed E-state index contributed by atoms with van der Waals surface area (Å²) >= 11 is 0. The van der Waals surface area contributed by atoms with Crippen molar-refractivity contribution in [3.63, 3.8) is 0 Å². The maximum absolute atomic E-state index is 11.6. The SMILES string of the molecule is CCC[C@@H](NC(=O)N(C)CCNC)C(=O)O. The molecule has 0 aliphatic rings. The largest absolute Gasteiger partial charge is 0.480 e. The molecule has 0 aliphatic heterocycles. The molecular weight excluding hydrogens is 210 g/mol. The summed E-state index contributed by atoms with van der Waals surface area (Å²) in [5.74, 6) is -0.989. The maximum Gasteiger partial charge on any atom is 0.326 e. The summed E-state index contributed by atoms with van der Waals surface area (Å²) < 4.78 is 0. The van der Waals surface area contributed by atoms with Crippen LogP contribution in [0, 0.1) is 0 Å². The van der Waals surface area contributed by atoms with Gasteiger partial charge in [-0.3, -0.25) is 0 Å². The number of aliphatic carboxylic acids is 1. The lowest BCUT2D eigenvalue weighted by atomic mass is 10.2. The van der Waals surface area contributed by atoms with E-state index in [0.717, 1.165) is 6.42 Å². The van der Waals surface area contributed by atoms with Crippen molar-refractivity contribution in [3.05, 3.63) is 0 Å². The number of nitrogens with one attached hydrogen (secondary N) is 2. The van der Waals surface area contributed by atoms with Gasteiger partial charge in [-0.2, -0.15) is 0 Å². The molecule has 0 saturated heterocycles. The maximum atomic E-state index is 11.6. The van der Waals surface area contributed by atoms with Crippen LogP contribution in [0.25, 0.3) is 0 Å². The van der Waals surface area contributed by atoms with Crippen LogP contribution in [0.15, 0.2) is 0 Å². The molecule has 0 saturated carbocycles. The highest BCUT2D eigenvalue weighted by Gasteiger charge is 2.20. The number of urea groups is 1. The summed E-state index contributed by atoms with van der Waals surface area (Å²) in [4.78, 5) is 23.8. The first-order chi connectivity index (χ1) is 7.52. The van der Waals surface area contributed by atoms with Gasteiger partial charge >= 0.3 is 12.0 Å². The molecule has 94 valence electrons. The number of hydrogen-bond donors (Lipinski definition) is 3. The standard InChI is InChI=1S/C10H21N3O3/c1-4-5-8(9(14)15)12-10(16)13(3)7-6-11-2/h8,11H,4-7H2,1-3H3,(H,12,16)(H,14,15)/t8-/m1/s1. The predicted molar refractivity (Wildman–Crippen MR) is 61.4 cm³/mol.